The van der Waals surface area contributed by atoms with Gasteiger partial charge >= 0.3 is 6.18 Å². The molecule has 4 heteroatoms. The summed E-state index contributed by atoms with van der Waals surface area (Å²) >= 11 is 5.75. The average molecular weight is 271 g/mol. The third kappa shape index (κ3) is 2.67. The summed E-state index contributed by atoms with van der Waals surface area (Å²) in [5, 5.41) is 0.557. The van der Waals surface area contributed by atoms with Gasteiger partial charge in [-0.05, 0) is 41.8 Å². The van der Waals surface area contributed by atoms with Crippen molar-refractivity contribution in [1.29, 1.82) is 0 Å². The summed E-state index contributed by atoms with van der Waals surface area (Å²) < 4.78 is 38.4. The fourth-order valence-electron chi connectivity index (χ4n) is 1.75. The normalized spacial score (nSPS) is 11.6. The lowest BCUT2D eigenvalue weighted by Crippen LogP contribution is -2.07. The van der Waals surface area contributed by atoms with E-state index in [0.29, 0.717) is 16.1 Å². The van der Waals surface area contributed by atoms with Crippen LogP contribution in [0.3, 0.4) is 0 Å². The van der Waals surface area contributed by atoms with Crippen LogP contribution in [0.5, 0.6) is 0 Å². The minimum Gasteiger partial charge on any atom is -0.166 e. The van der Waals surface area contributed by atoms with Crippen molar-refractivity contribution in [3.8, 4) is 11.1 Å². The number of halogens is 4. The third-order valence-electron chi connectivity index (χ3n) is 2.72. The molecule has 0 heterocycles. The van der Waals surface area contributed by atoms with Crippen LogP contribution < -0.4 is 0 Å². The molecule has 2 aromatic carbocycles. The van der Waals surface area contributed by atoms with Gasteiger partial charge < -0.3 is 0 Å². The van der Waals surface area contributed by atoms with Crippen LogP contribution in [0.25, 0.3) is 11.1 Å². The Labute approximate surface area is 108 Å². The predicted molar refractivity (Wildman–Crippen MR) is 66.6 cm³/mol. The second-order valence-corrected chi connectivity index (χ2v) is 4.47. The van der Waals surface area contributed by atoms with Crippen molar-refractivity contribution < 1.29 is 13.2 Å². The van der Waals surface area contributed by atoms with E-state index in [9.17, 15) is 13.2 Å². The fourth-order valence-corrected chi connectivity index (χ4v) is 1.88. The Morgan fingerprint density at radius 3 is 2.00 bits per heavy atom. The molecule has 0 aliphatic rings. The lowest BCUT2D eigenvalue weighted by Gasteiger charge is -2.12. The highest BCUT2D eigenvalue weighted by atomic mass is 35.5. The molecule has 0 spiro atoms. The number of hydrogen-bond acceptors (Lipinski definition) is 0. The fraction of sp³-hybridized carbons (Fsp3) is 0.143. The average Bonchev–Trinajstić information content (AvgIpc) is 2.29. The van der Waals surface area contributed by atoms with Crippen molar-refractivity contribution in [2.24, 2.45) is 0 Å². The van der Waals surface area contributed by atoms with Crippen LogP contribution in [-0.4, -0.2) is 0 Å². The van der Waals surface area contributed by atoms with Crippen molar-refractivity contribution in [3.63, 3.8) is 0 Å². The Morgan fingerprint density at radius 2 is 1.44 bits per heavy atom. The standard InChI is InChI=1S/C14H10ClF3/c1-9-2-3-11(8-13(9)14(16,17)18)10-4-6-12(15)7-5-10/h2-8H,1H3. The summed E-state index contributed by atoms with van der Waals surface area (Å²) in [6, 6.07) is 11.0. The molecule has 0 aliphatic heterocycles. The van der Waals surface area contributed by atoms with Crippen LogP contribution in [0.1, 0.15) is 11.1 Å². The third-order valence-corrected chi connectivity index (χ3v) is 2.97. The van der Waals surface area contributed by atoms with Gasteiger partial charge in [-0.3, -0.25) is 0 Å². The number of aryl methyl sites for hydroxylation is 1. The summed E-state index contributed by atoms with van der Waals surface area (Å²) in [7, 11) is 0. The monoisotopic (exact) mass is 270 g/mol. The van der Waals surface area contributed by atoms with Crippen LogP contribution >= 0.6 is 11.6 Å². The Hall–Kier alpha value is -1.48. The van der Waals surface area contributed by atoms with Crippen molar-refractivity contribution >= 4 is 11.6 Å². The zero-order valence-electron chi connectivity index (χ0n) is 9.55. The molecular formula is C14H10ClF3. The maximum atomic E-state index is 12.8. The first-order valence-electron chi connectivity index (χ1n) is 5.32. The van der Waals surface area contributed by atoms with E-state index in [4.69, 9.17) is 11.6 Å². The predicted octanol–water partition coefficient (Wildman–Crippen LogP) is 5.33. The highest BCUT2D eigenvalue weighted by Crippen LogP contribution is 2.34. The maximum absolute atomic E-state index is 12.8. The van der Waals surface area contributed by atoms with Gasteiger partial charge in [-0.1, -0.05) is 35.9 Å². The Bertz CT molecular complexity index is 556. The molecule has 0 radical (unpaired) electrons. The van der Waals surface area contributed by atoms with Gasteiger partial charge in [0.1, 0.15) is 0 Å². The van der Waals surface area contributed by atoms with E-state index in [-0.39, 0.29) is 5.56 Å². The first-order chi connectivity index (χ1) is 8.38. The summed E-state index contributed by atoms with van der Waals surface area (Å²) in [5.41, 5.74) is 0.865. The van der Waals surface area contributed by atoms with Crippen LogP contribution in [0.4, 0.5) is 13.2 Å². The molecular weight excluding hydrogens is 261 g/mol. The smallest absolute Gasteiger partial charge is 0.166 e. The van der Waals surface area contributed by atoms with Crippen LogP contribution in [0.2, 0.25) is 5.02 Å². The number of rotatable bonds is 1. The Morgan fingerprint density at radius 1 is 0.889 bits per heavy atom. The molecule has 2 aromatic rings. The van der Waals surface area contributed by atoms with E-state index in [1.165, 1.54) is 19.1 Å². The van der Waals surface area contributed by atoms with Crippen molar-refractivity contribution in [2.45, 2.75) is 13.1 Å². The molecule has 0 bridgehead atoms. The van der Waals surface area contributed by atoms with E-state index >= 15 is 0 Å². The highest BCUT2D eigenvalue weighted by Gasteiger charge is 2.32. The first kappa shape index (κ1) is 13.0. The molecule has 2 rings (SSSR count). The van der Waals surface area contributed by atoms with Gasteiger partial charge in [-0.15, -0.1) is 0 Å². The zero-order valence-corrected chi connectivity index (χ0v) is 10.3. The first-order valence-corrected chi connectivity index (χ1v) is 5.69. The lowest BCUT2D eigenvalue weighted by molar-refractivity contribution is -0.138. The van der Waals surface area contributed by atoms with Gasteiger partial charge in [0.05, 0.1) is 5.56 Å². The molecule has 0 nitrogen and oxygen atoms in total. The molecule has 0 aliphatic carbocycles. The molecule has 0 saturated heterocycles. The second kappa shape index (κ2) is 4.65. The molecule has 0 saturated carbocycles. The van der Waals surface area contributed by atoms with Crippen LogP contribution in [0, 0.1) is 6.92 Å². The van der Waals surface area contributed by atoms with E-state index in [1.54, 1.807) is 30.3 Å². The van der Waals surface area contributed by atoms with Gasteiger partial charge in [0.15, 0.2) is 0 Å². The van der Waals surface area contributed by atoms with E-state index in [0.717, 1.165) is 0 Å². The minimum absolute atomic E-state index is 0.222. The molecule has 0 fully saturated rings. The van der Waals surface area contributed by atoms with E-state index in [1.807, 2.05) is 0 Å². The Balaban J connectivity index is 2.50. The molecule has 0 atom stereocenters. The molecule has 0 aromatic heterocycles. The molecule has 0 N–H and O–H groups in total. The molecule has 18 heavy (non-hydrogen) atoms. The highest BCUT2D eigenvalue weighted by molar-refractivity contribution is 6.30. The van der Waals surface area contributed by atoms with Crippen LogP contribution in [-0.2, 0) is 6.18 Å². The minimum atomic E-state index is -4.33. The number of hydrogen-bond donors (Lipinski definition) is 0. The number of benzene rings is 2. The summed E-state index contributed by atoms with van der Waals surface area (Å²) in [6.45, 7) is 1.45. The quantitative estimate of drug-likeness (QED) is 0.657. The molecule has 94 valence electrons. The van der Waals surface area contributed by atoms with E-state index in [2.05, 4.69) is 0 Å². The summed E-state index contributed by atoms with van der Waals surface area (Å²) in [5.74, 6) is 0. The maximum Gasteiger partial charge on any atom is 0.416 e. The van der Waals surface area contributed by atoms with Gasteiger partial charge in [-0.2, -0.15) is 13.2 Å². The molecule has 0 amide bonds. The van der Waals surface area contributed by atoms with E-state index < -0.39 is 11.7 Å². The topological polar surface area (TPSA) is 0 Å². The van der Waals surface area contributed by atoms with Gasteiger partial charge in [0, 0.05) is 5.02 Å². The number of alkyl halides is 3. The SMILES string of the molecule is Cc1ccc(-c2ccc(Cl)cc2)cc1C(F)(F)F. The second-order valence-electron chi connectivity index (χ2n) is 4.03. The van der Waals surface area contributed by atoms with Crippen molar-refractivity contribution in [2.75, 3.05) is 0 Å². The van der Waals surface area contributed by atoms with Gasteiger partial charge in [-0.25, -0.2) is 0 Å². The zero-order chi connectivity index (χ0) is 13.3. The van der Waals surface area contributed by atoms with Crippen LogP contribution in [0.15, 0.2) is 42.5 Å². The summed E-state index contributed by atoms with van der Waals surface area (Å²) in [4.78, 5) is 0. The van der Waals surface area contributed by atoms with Gasteiger partial charge in [0.2, 0.25) is 0 Å². The van der Waals surface area contributed by atoms with Gasteiger partial charge in [0.25, 0.3) is 0 Å². The Kier molecular flexibility index (Phi) is 3.35. The summed E-state index contributed by atoms with van der Waals surface area (Å²) in [6.07, 6.45) is -4.33. The lowest BCUT2D eigenvalue weighted by atomic mass is 9.99. The van der Waals surface area contributed by atoms with Crippen molar-refractivity contribution in [3.05, 3.63) is 58.6 Å². The molecule has 0 unspecified atom stereocenters. The van der Waals surface area contributed by atoms with Crippen molar-refractivity contribution in [1.82, 2.24) is 0 Å². The largest absolute Gasteiger partial charge is 0.416 e.